The van der Waals surface area contributed by atoms with Gasteiger partial charge in [0.25, 0.3) is 8.05 Å². The highest BCUT2D eigenvalue weighted by molar-refractivity contribution is 5.97. The molecule has 62 valence electrons. The van der Waals surface area contributed by atoms with Crippen molar-refractivity contribution >= 4 is 8.05 Å². The van der Waals surface area contributed by atoms with Crippen LogP contribution in [0.1, 0.15) is 5.56 Å². The molecule has 1 rings (SSSR count). The highest BCUT2D eigenvalue weighted by atomic mass is 16.4. The van der Waals surface area contributed by atoms with Crippen molar-refractivity contribution in [1.29, 1.82) is 0 Å². The van der Waals surface area contributed by atoms with Gasteiger partial charge in [-0.3, -0.25) is 0 Å². The molecule has 1 aromatic rings. The second-order valence-electron chi connectivity index (χ2n) is 2.78. The number of benzene rings is 1. The minimum absolute atomic E-state index is 0.0163. The fourth-order valence-corrected chi connectivity index (χ4v) is 1.10. The highest BCUT2D eigenvalue weighted by Gasteiger charge is 2.01. The lowest BCUT2D eigenvalue weighted by Gasteiger charge is -2.09. The largest absolute Gasteiger partial charge is 0.446 e. The van der Waals surface area contributed by atoms with E-state index in [1.165, 1.54) is 5.56 Å². The molecular weight excluding hydrogens is 149 g/mol. The van der Waals surface area contributed by atoms with E-state index >= 15 is 0 Å². The SMILES string of the molecule is [B]OCC(N)Cc1ccccc1. The molecule has 0 aromatic heterocycles. The van der Waals surface area contributed by atoms with Crippen LogP contribution in [-0.2, 0) is 11.1 Å². The van der Waals surface area contributed by atoms with E-state index in [2.05, 4.69) is 4.65 Å². The molecule has 2 nitrogen and oxygen atoms in total. The maximum Gasteiger partial charge on any atom is 0.282 e. The van der Waals surface area contributed by atoms with Crippen molar-refractivity contribution in [2.75, 3.05) is 6.61 Å². The van der Waals surface area contributed by atoms with Gasteiger partial charge >= 0.3 is 0 Å². The highest BCUT2D eigenvalue weighted by Crippen LogP contribution is 2.01. The zero-order valence-electron chi connectivity index (χ0n) is 6.94. The molecule has 2 N–H and O–H groups in total. The molecule has 1 aromatic carbocycles. The summed E-state index contributed by atoms with van der Waals surface area (Å²) in [6.45, 7) is 0.398. The van der Waals surface area contributed by atoms with Crippen molar-refractivity contribution in [2.45, 2.75) is 12.5 Å². The monoisotopic (exact) mass is 161 g/mol. The summed E-state index contributed by atoms with van der Waals surface area (Å²) < 4.78 is 4.45. The van der Waals surface area contributed by atoms with Crippen LogP contribution in [0.3, 0.4) is 0 Å². The van der Waals surface area contributed by atoms with Crippen LogP contribution in [0.4, 0.5) is 0 Å². The van der Waals surface area contributed by atoms with Crippen molar-refractivity contribution in [3.8, 4) is 0 Å². The number of hydrogen-bond acceptors (Lipinski definition) is 2. The van der Waals surface area contributed by atoms with Crippen LogP contribution in [0.15, 0.2) is 30.3 Å². The first-order valence-corrected chi connectivity index (χ1v) is 3.94. The quantitative estimate of drug-likeness (QED) is 0.658. The maximum atomic E-state index is 5.71. The van der Waals surface area contributed by atoms with Gasteiger partial charge in [0.05, 0.1) is 0 Å². The fraction of sp³-hybridized carbons (Fsp3) is 0.333. The van der Waals surface area contributed by atoms with Crippen molar-refractivity contribution in [2.24, 2.45) is 5.73 Å². The first-order valence-electron chi connectivity index (χ1n) is 3.94. The van der Waals surface area contributed by atoms with Gasteiger partial charge in [0.15, 0.2) is 0 Å². The van der Waals surface area contributed by atoms with Crippen LogP contribution in [0.2, 0.25) is 0 Å². The van der Waals surface area contributed by atoms with Crippen molar-refractivity contribution < 1.29 is 4.65 Å². The molecule has 3 heteroatoms. The molecule has 0 amide bonds. The number of nitrogens with two attached hydrogens (primary N) is 1. The molecule has 0 saturated carbocycles. The molecule has 0 fully saturated rings. The molecule has 0 aliphatic carbocycles. The van der Waals surface area contributed by atoms with Gasteiger partial charge in [-0.25, -0.2) is 0 Å². The van der Waals surface area contributed by atoms with Gasteiger partial charge in [-0.1, -0.05) is 30.3 Å². The maximum absolute atomic E-state index is 5.71. The lowest BCUT2D eigenvalue weighted by Crippen LogP contribution is -2.28. The topological polar surface area (TPSA) is 35.2 Å². The Hall–Kier alpha value is -0.795. The standard InChI is InChI=1S/C9H12BNO/c10-12-7-9(11)6-8-4-2-1-3-5-8/h1-5,9H,6-7,11H2. The third-order valence-electron chi connectivity index (χ3n) is 1.65. The molecular formula is C9H12BNO. The Labute approximate surface area is 74.2 Å². The first-order chi connectivity index (χ1) is 5.83. The predicted octanol–water partition coefficient (Wildman–Crippen LogP) is 0.656. The van der Waals surface area contributed by atoms with Crippen LogP contribution < -0.4 is 5.73 Å². The molecule has 2 radical (unpaired) electrons. The van der Waals surface area contributed by atoms with Crippen molar-refractivity contribution in [3.63, 3.8) is 0 Å². The molecule has 0 heterocycles. The van der Waals surface area contributed by atoms with E-state index in [1.807, 2.05) is 30.3 Å². The Morgan fingerprint density at radius 2 is 2.00 bits per heavy atom. The van der Waals surface area contributed by atoms with Gasteiger partial charge in [0.2, 0.25) is 0 Å². The Balaban J connectivity index is 2.41. The number of hydrogen-bond donors (Lipinski definition) is 1. The first kappa shape index (κ1) is 9.29. The van der Waals surface area contributed by atoms with Gasteiger partial charge < -0.3 is 10.4 Å². The average Bonchev–Trinajstić information content (AvgIpc) is 2.06. The van der Waals surface area contributed by atoms with E-state index in [4.69, 9.17) is 13.8 Å². The third-order valence-corrected chi connectivity index (χ3v) is 1.65. The van der Waals surface area contributed by atoms with E-state index in [-0.39, 0.29) is 6.04 Å². The van der Waals surface area contributed by atoms with E-state index < -0.39 is 0 Å². The minimum atomic E-state index is -0.0163. The van der Waals surface area contributed by atoms with Crippen molar-refractivity contribution in [3.05, 3.63) is 35.9 Å². The second kappa shape index (κ2) is 4.96. The lowest BCUT2D eigenvalue weighted by molar-refractivity contribution is 0.314. The zero-order valence-corrected chi connectivity index (χ0v) is 6.94. The summed E-state index contributed by atoms with van der Waals surface area (Å²) in [6.07, 6.45) is 0.804. The summed E-state index contributed by atoms with van der Waals surface area (Å²) in [5.74, 6) is 0. The summed E-state index contributed by atoms with van der Waals surface area (Å²) in [7, 11) is 4.90. The normalized spacial score (nSPS) is 12.8. The van der Waals surface area contributed by atoms with E-state index in [0.29, 0.717) is 6.61 Å². The van der Waals surface area contributed by atoms with Crippen molar-refractivity contribution in [1.82, 2.24) is 0 Å². The second-order valence-corrected chi connectivity index (χ2v) is 2.78. The minimum Gasteiger partial charge on any atom is -0.446 e. The smallest absolute Gasteiger partial charge is 0.282 e. The predicted molar refractivity (Wildman–Crippen MR) is 49.8 cm³/mol. The number of rotatable bonds is 4. The molecule has 1 unspecified atom stereocenters. The molecule has 0 bridgehead atoms. The van der Waals surface area contributed by atoms with Gasteiger partial charge in [0.1, 0.15) is 0 Å². The Morgan fingerprint density at radius 3 is 2.58 bits per heavy atom. The Kier molecular flexibility index (Phi) is 3.84. The lowest BCUT2D eigenvalue weighted by atomic mass is 10.1. The fourth-order valence-electron chi connectivity index (χ4n) is 1.10. The summed E-state index contributed by atoms with van der Waals surface area (Å²) >= 11 is 0. The van der Waals surface area contributed by atoms with E-state index in [0.717, 1.165) is 6.42 Å². The Morgan fingerprint density at radius 1 is 1.33 bits per heavy atom. The zero-order chi connectivity index (χ0) is 8.81. The average molecular weight is 161 g/mol. The summed E-state index contributed by atoms with van der Waals surface area (Å²) in [6, 6.07) is 10.0. The van der Waals surface area contributed by atoms with Gasteiger partial charge in [-0.05, 0) is 12.0 Å². The molecule has 0 aliphatic rings. The molecule has 1 atom stereocenters. The van der Waals surface area contributed by atoms with Gasteiger partial charge in [-0.2, -0.15) is 0 Å². The van der Waals surface area contributed by atoms with Crippen LogP contribution >= 0.6 is 0 Å². The van der Waals surface area contributed by atoms with Gasteiger partial charge in [-0.15, -0.1) is 0 Å². The Bertz CT molecular complexity index is 215. The molecule has 0 saturated heterocycles. The molecule has 12 heavy (non-hydrogen) atoms. The molecule has 0 aliphatic heterocycles. The van der Waals surface area contributed by atoms with Crippen LogP contribution in [-0.4, -0.2) is 20.7 Å². The summed E-state index contributed by atoms with van der Waals surface area (Å²) in [5, 5.41) is 0. The third kappa shape index (κ3) is 3.07. The van der Waals surface area contributed by atoms with E-state index in [9.17, 15) is 0 Å². The van der Waals surface area contributed by atoms with Crippen LogP contribution in [0, 0.1) is 0 Å². The summed E-state index contributed by atoms with van der Waals surface area (Å²) in [5.41, 5.74) is 6.92. The van der Waals surface area contributed by atoms with Gasteiger partial charge in [0, 0.05) is 12.6 Å². The van der Waals surface area contributed by atoms with E-state index in [1.54, 1.807) is 0 Å². The van der Waals surface area contributed by atoms with Crippen LogP contribution in [0.25, 0.3) is 0 Å². The molecule has 0 spiro atoms. The van der Waals surface area contributed by atoms with Crippen LogP contribution in [0.5, 0.6) is 0 Å². The summed E-state index contributed by atoms with van der Waals surface area (Å²) in [4.78, 5) is 0.